The van der Waals surface area contributed by atoms with Crippen LogP contribution in [0.5, 0.6) is 5.75 Å². The van der Waals surface area contributed by atoms with Crippen molar-refractivity contribution in [1.82, 2.24) is 10.3 Å². The van der Waals surface area contributed by atoms with Gasteiger partial charge in [-0.15, -0.1) is 0 Å². The lowest BCUT2D eigenvalue weighted by atomic mass is 10.1. The summed E-state index contributed by atoms with van der Waals surface area (Å²) in [4.78, 5) is 16.1. The number of anilines is 1. The fraction of sp³-hybridized carbons (Fsp3) is 0.133. The fourth-order valence-electron chi connectivity index (χ4n) is 1.92. The van der Waals surface area contributed by atoms with Gasteiger partial charge in [0.2, 0.25) is 11.6 Å². The van der Waals surface area contributed by atoms with Crippen LogP contribution in [0.15, 0.2) is 16.6 Å². The van der Waals surface area contributed by atoms with Crippen LogP contribution < -0.4 is 15.4 Å². The third-order valence-corrected chi connectivity index (χ3v) is 4.19. The van der Waals surface area contributed by atoms with E-state index in [9.17, 15) is 22.4 Å². The number of methoxy groups -OCH3 is 1. The highest BCUT2D eigenvalue weighted by molar-refractivity contribution is 9.10. The van der Waals surface area contributed by atoms with Crippen LogP contribution >= 0.6 is 28.1 Å². The summed E-state index contributed by atoms with van der Waals surface area (Å²) >= 11 is 8.09. The largest absolute Gasteiger partial charge is 0.491 e. The number of hydrogen-bond donors (Lipinski definition) is 2. The van der Waals surface area contributed by atoms with Crippen LogP contribution in [0.4, 0.5) is 23.4 Å². The normalized spacial score (nSPS) is 10.4. The minimum Gasteiger partial charge on any atom is -0.491 e. The Bertz CT molecular complexity index is 882. The molecular formula is C15H10BrF4N3O2S. The monoisotopic (exact) mass is 451 g/mol. The molecule has 0 radical (unpaired) electrons. The van der Waals surface area contributed by atoms with Crippen LogP contribution in [0.3, 0.4) is 0 Å². The van der Waals surface area contributed by atoms with Gasteiger partial charge in [-0.1, -0.05) is 0 Å². The standard InChI is InChI=1S/C15H10BrF4N3O2S/c1-5-6(16)3-4-7(21-5)22-15(26)23-14(24)8-9(17)11(19)13(25-2)12(20)10(8)18/h3-4H,1-2H3,(H2,21,22,23,24,26). The van der Waals surface area contributed by atoms with Crippen LogP contribution in [-0.4, -0.2) is 23.1 Å². The van der Waals surface area contributed by atoms with Gasteiger partial charge in [-0.3, -0.25) is 10.1 Å². The first-order chi connectivity index (χ1) is 12.2. The third kappa shape index (κ3) is 3.93. The number of benzene rings is 1. The molecule has 1 heterocycles. The second kappa shape index (κ2) is 7.96. The summed E-state index contributed by atoms with van der Waals surface area (Å²) in [6, 6.07) is 3.17. The average Bonchev–Trinajstić information content (AvgIpc) is 2.57. The molecule has 138 valence electrons. The Hall–Kier alpha value is -2.27. The highest BCUT2D eigenvalue weighted by Gasteiger charge is 2.30. The fourth-order valence-corrected chi connectivity index (χ4v) is 2.34. The number of ether oxygens (including phenoxy) is 1. The van der Waals surface area contributed by atoms with Crippen molar-refractivity contribution in [3.05, 3.63) is 51.1 Å². The van der Waals surface area contributed by atoms with Crippen LogP contribution in [0.2, 0.25) is 0 Å². The number of nitrogens with one attached hydrogen (secondary N) is 2. The molecule has 0 unspecified atom stereocenters. The summed E-state index contributed by atoms with van der Waals surface area (Å²) < 4.78 is 60.2. The lowest BCUT2D eigenvalue weighted by Gasteiger charge is -2.12. The molecule has 0 saturated heterocycles. The number of amides is 1. The first-order valence-corrected chi connectivity index (χ1v) is 8.02. The van der Waals surface area contributed by atoms with Crippen molar-refractivity contribution < 1.29 is 27.1 Å². The first-order valence-electron chi connectivity index (χ1n) is 6.82. The molecule has 1 aromatic heterocycles. The highest BCUT2D eigenvalue weighted by atomic mass is 79.9. The summed E-state index contributed by atoms with van der Waals surface area (Å²) in [5, 5.41) is 4.06. The van der Waals surface area contributed by atoms with Gasteiger partial charge in [-0.05, 0) is 47.2 Å². The molecule has 26 heavy (non-hydrogen) atoms. The number of carbonyl (C=O) groups excluding carboxylic acids is 1. The quantitative estimate of drug-likeness (QED) is 0.421. The summed E-state index contributed by atoms with van der Waals surface area (Å²) in [7, 11) is 0.826. The molecular weight excluding hydrogens is 442 g/mol. The Kier molecular flexibility index (Phi) is 6.13. The molecule has 2 aromatic rings. The summed E-state index contributed by atoms with van der Waals surface area (Å²) in [6.45, 7) is 1.70. The number of carbonyl (C=O) groups is 1. The molecule has 2 N–H and O–H groups in total. The van der Waals surface area contributed by atoms with E-state index in [2.05, 4.69) is 31.0 Å². The topological polar surface area (TPSA) is 63.2 Å². The molecule has 0 spiro atoms. The number of aromatic nitrogens is 1. The van der Waals surface area contributed by atoms with Crippen LogP contribution in [0.25, 0.3) is 0 Å². The summed E-state index contributed by atoms with van der Waals surface area (Å²) in [6.07, 6.45) is 0. The number of hydrogen-bond acceptors (Lipinski definition) is 4. The zero-order valence-electron chi connectivity index (χ0n) is 13.2. The minimum absolute atomic E-state index is 0.240. The van der Waals surface area contributed by atoms with Crippen molar-refractivity contribution >= 4 is 45.0 Å². The van der Waals surface area contributed by atoms with Crippen LogP contribution in [0, 0.1) is 30.2 Å². The number of halogens is 5. The SMILES string of the molecule is COc1c(F)c(F)c(C(=O)NC(=S)Nc2ccc(Br)c(C)n2)c(F)c1F. The van der Waals surface area contributed by atoms with Crippen molar-refractivity contribution in [2.24, 2.45) is 0 Å². The maximum absolute atomic E-state index is 13.9. The van der Waals surface area contributed by atoms with Gasteiger partial charge in [0.05, 0.1) is 12.8 Å². The molecule has 0 aliphatic rings. The number of nitrogens with zero attached hydrogens (tertiary/aromatic N) is 1. The summed E-state index contributed by atoms with van der Waals surface area (Å²) in [5.74, 6) is -9.99. The maximum Gasteiger partial charge on any atom is 0.263 e. The lowest BCUT2D eigenvalue weighted by Crippen LogP contribution is -2.35. The second-order valence-corrected chi connectivity index (χ2v) is 6.10. The predicted octanol–water partition coefficient (Wildman–Crippen LogP) is 3.84. The molecule has 1 amide bonds. The van der Waals surface area contributed by atoms with Gasteiger partial charge in [0.15, 0.2) is 22.5 Å². The van der Waals surface area contributed by atoms with Crippen LogP contribution in [0.1, 0.15) is 16.1 Å². The van der Waals surface area contributed by atoms with E-state index in [1.54, 1.807) is 13.0 Å². The summed E-state index contributed by atoms with van der Waals surface area (Å²) in [5.41, 5.74) is -0.856. The van der Waals surface area contributed by atoms with Gasteiger partial charge in [0.25, 0.3) is 5.91 Å². The number of rotatable bonds is 3. The van der Waals surface area contributed by atoms with E-state index in [0.29, 0.717) is 5.69 Å². The van der Waals surface area contributed by atoms with E-state index in [1.807, 2.05) is 5.32 Å². The van der Waals surface area contributed by atoms with Crippen LogP contribution in [-0.2, 0) is 0 Å². The van der Waals surface area contributed by atoms with Gasteiger partial charge >= 0.3 is 0 Å². The molecule has 0 bridgehead atoms. The molecule has 5 nitrogen and oxygen atoms in total. The van der Waals surface area contributed by atoms with Crippen molar-refractivity contribution in [2.45, 2.75) is 6.92 Å². The number of pyridine rings is 1. The van der Waals surface area contributed by atoms with E-state index in [1.165, 1.54) is 6.07 Å². The van der Waals surface area contributed by atoms with Gasteiger partial charge < -0.3 is 10.1 Å². The Balaban J connectivity index is 2.24. The molecule has 11 heteroatoms. The van der Waals surface area contributed by atoms with Gasteiger partial charge in [-0.2, -0.15) is 8.78 Å². The Morgan fingerprint density at radius 3 is 2.23 bits per heavy atom. The maximum atomic E-state index is 13.9. The molecule has 0 atom stereocenters. The van der Waals surface area contributed by atoms with E-state index < -0.39 is 40.5 Å². The van der Waals surface area contributed by atoms with E-state index in [4.69, 9.17) is 12.2 Å². The van der Waals surface area contributed by atoms with Crippen molar-refractivity contribution in [3.63, 3.8) is 0 Å². The zero-order valence-corrected chi connectivity index (χ0v) is 15.6. The molecule has 0 aliphatic heterocycles. The Morgan fingerprint density at radius 2 is 1.73 bits per heavy atom. The van der Waals surface area contributed by atoms with Gasteiger partial charge in [-0.25, -0.2) is 13.8 Å². The minimum atomic E-state index is -1.90. The van der Waals surface area contributed by atoms with Crippen molar-refractivity contribution in [1.29, 1.82) is 0 Å². The highest BCUT2D eigenvalue weighted by Crippen LogP contribution is 2.29. The molecule has 0 fully saturated rings. The van der Waals surface area contributed by atoms with Crippen molar-refractivity contribution in [3.8, 4) is 5.75 Å². The van der Waals surface area contributed by atoms with Gasteiger partial charge in [0, 0.05) is 4.47 Å². The van der Waals surface area contributed by atoms with E-state index >= 15 is 0 Å². The predicted molar refractivity (Wildman–Crippen MR) is 93.2 cm³/mol. The van der Waals surface area contributed by atoms with E-state index in [-0.39, 0.29) is 10.9 Å². The first kappa shape index (κ1) is 20.0. The molecule has 1 aromatic carbocycles. The Labute approximate surface area is 158 Å². The lowest BCUT2D eigenvalue weighted by molar-refractivity contribution is 0.0966. The average molecular weight is 452 g/mol. The molecule has 0 aliphatic carbocycles. The third-order valence-electron chi connectivity index (χ3n) is 3.14. The molecule has 0 saturated carbocycles. The Morgan fingerprint density at radius 1 is 1.15 bits per heavy atom. The van der Waals surface area contributed by atoms with Gasteiger partial charge in [0.1, 0.15) is 11.4 Å². The second-order valence-electron chi connectivity index (χ2n) is 4.84. The van der Waals surface area contributed by atoms with Crippen molar-refractivity contribution in [2.75, 3.05) is 12.4 Å². The zero-order chi connectivity index (χ0) is 19.6. The smallest absolute Gasteiger partial charge is 0.263 e. The van der Waals surface area contributed by atoms with E-state index in [0.717, 1.165) is 11.6 Å². The number of aryl methyl sites for hydroxylation is 1. The molecule has 2 rings (SSSR count). The number of thiocarbonyl (C=S) groups is 1.